The van der Waals surface area contributed by atoms with Gasteiger partial charge in [0.05, 0.1) is 6.61 Å². The first-order valence-electron chi connectivity index (χ1n) is 6.23. The van der Waals surface area contributed by atoms with Crippen LogP contribution >= 0.6 is 15.9 Å². The third-order valence-electron chi connectivity index (χ3n) is 2.77. The van der Waals surface area contributed by atoms with Gasteiger partial charge in [-0.15, -0.1) is 0 Å². The molecule has 1 aromatic carbocycles. The van der Waals surface area contributed by atoms with E-state index in [0.717, 1.165) is 32.4 Å². The number of hydrogen-bond acceptors (Lipinski definition) is 2. The average molecular weight is 300 g/mol. The van der Waals surface area contributed by atoms with Crippen molar-refractivity contribution in [1.29, 1.82) is 0 Å². The van der Waals surface area contributed by atoms with Crippen LogP contribution in [0.1, 0.15) is 25.3 Å². The number of benzene rings is 1. The van der Waals surface area contributed by atoms with E-state index < -0.39 is 0 Å². The molecule has 1 unspecified atom stereocenters. The Morgan fingerprint density at radius 3 is 2.76 bits per heavy atom. The molecule has 1 atom stereocenters. The molecule has 96 valence electrons. The summed E-state index contributed by atoms with van der Waals surface area (Å²) in [6, 6.07) is 8.86. The van der Waals surface area contributed by atoms with Crippen LogP contribution in [-0.4, -0.2) is 26.3 Å². The zero-order valence-electron chi connectivity index (χ0n) is 10.7. The van der Waals surface area contributed by atoms with E-state index in [9.17, 15) is 0 Å². The average Bonchev–Trinajstić information content (AvgIpc) is 2.34. The van der Waals surface area contributed by atoms with Crippen molar-refractivity contribution in [2.45, 2.75) is 32.2 Å². The van der Waals surface area contributed by atoms with Crippen LogP contribution in [0, 0.1) is 0 Å². The van der Waals surface area contributed by atoms with Gasteiger partial charge < -0.3 is 10.1 Å². The summed E-state index contributed by atoms with van der Waals surface area (Å²) in [5, 5.41) is 3.52. The molecule has 0 amide bonds. The summed E-state index contributed by atoms with van der Waals surface area (Å²) >= 11 is 3.59. The molecule has 1 rings (SSSR count). The number of aryl methyl sites for hydroxylation is 1. The highest BCUT2D eigenvalue weighted by atomic mass is 79.9. The summed E-state index contributed by atoms with van der Waals surface area (Å²) in [7, 11) is 1.76. The number of methoxy groups -OCH3 is 1. The minimum absolute atomic E-state index is 0.451. The molecule has 1 aromatic rings. The highest BCUT2D eigenvalue weighted by Crippen LogP contribution is 2.18. The van der Waals surface area contributed by atoms with Crippen LogP contribution < -0.4 is 5.32 Å². The Hall–Kier alpha value is -0.380. The van der Waals surface area contributed by atoms with Gasteiger partial charge in [0.15, 0.2) is 0 Å². The molecule has 1 N–H and O–H groups in total. The summed E-state index contributed by atoms with van der Waals surface area (Å²) < 4.78 is 6.45. The van der Waals surface area contributed by atoms with E-state index >= 15 is 0 Å². The molecule has 0 heterocycles. The Labute approximate surface area is 113 Å². The molecule has 17 heavy (non-hydrogen) atoms. The van der Waals surface area contributed by atoms with Crippen molar-refractivity contribution in [3.63, 3.8) is 0 Å². The van der Waals surface area contributed by atoms with E-state index in [0.29, 0.717) is 6.04 Å². The second-order valence-electron chi connectivity index (χ2n) is 4.24. The smallest absolute Gasteiger partial charge is 0.0615 e. The minimum Gasteiger partial charge on any atom is -0.383 e. The largest absolute Gasteiger partial charge is 0.383 e. The first kappa shape index (κ1) is 14.7. The number of nitrogens with one attached hydrogen (secondary N) is 1. The maximum atomic E-state index is 5.25. The lowest BCUT2D eigenvalue weighted by Gasteiger charge is -2.17. The summed E-state index contributed by atoms with van der Waals surface area (Å²) in [4.78, 5) is 0. The summed E-state index contributed by atoms with van der Waals surface area (Å²) in [6.45, 7) is 4.03. The zero-order valence-corrected chi connectivity index (χ0v) is 12.3. The molecule has 3 heteroatoms. The van der Waals surface area contributed by atoms with Gasteiger partial charge in [-0.1, -0.05) is 41.1 Å². The molecule has 0 saturated heterocycles. The second kappa shape index (κ2) is 8.67. The molecule has 0 bridgehead atoms. The molecule has 0 aliphatic carbocycles. The van der Waals surface area contributed by atoms with Gasteiger partial charge in [-0.05, 0) is 37.4 Å². The Bertz CT molecular complexity index is 317. The Morgan fingerprint density at radius 1 is 1.35 bits per heavy atom. The molecule has 0 saturated carbocycles. The van der Waals surface area contributed by atoms with E-state index in [4.69, 9.17) is 4.74 Å². The van der Waals surface area contributed by atoms with Crippen molar-refractivity contribution in [2.75, 3.05) is 20.3 Å². The van der Waals surface area contributed by atoms with Crippen molar-refractivity contribution >= 4 is 15.9 Å². The van der Waals surface area contributed by atoms with Crippen molar-refractivity contribution in [3.05, 3.63) is 34.3 Å². The highest BCUT2D eigenvalue weighted by molar-refractivity contribution is 9.10. The van der Waals surface area contributed by atoms with Gasteiger partial charge in [0.2, 0.25) is 0 Å². The molecule has 0 aromatic heterocycles. The highest BCUT2D eigenvalue weighted by Gasteiger charge is 2.08. The summed E-state index contributed by atoms with van der Waals surface area (Å²) in [5.74, 6) is 0. The number of hydrogen-bond donors (Lipinski definition) is 1. The fraction of sp³-hybridized carbons (Fsp3) is 0.571. The van der Waals surface area contributed by atoms with Crippen LogP contribution in [0.25, 0.3) is 0 Å². The van der Waals surface area contributed by atoms with Crippen molar-refractivity contribution < 1.29 is 4.74 Å². The molecule has 0 aliphatic rings. The molecule has 2 nitrogen and oxygen atoms in total. The fourth-order valence-electron chi connectivity index (χ4n) is 1.82. The monoisotopic (exact) mass is 299 g/mol. The minimum atomic E-state index is 0.451. The zero-order chi connectivity index (χ0) is 12.5. The predicted molar refractivity (Wildman–Crippen MR) is 76.4 cm³/mol. The molecule has 0 fully saturated rings. The Morgan fingerprint density at radius 2 is 2.12 bits per heavy atom. The van der Waals surface area contributed by atoms with E-state index in [1.54, 1.807) is 7.11 Å². The van der Waals surface area contributed by atoms with Gasteiger partial charge in [0, 0.05) is 17.6 Å². The van der Waals surface area contributed by atoms with Gasteiger partial charge in [0.25, 0.3) is 0 Å². The van der Waals surface area contributed by atoms with Gasteiger partial charge in [-0.2, -0.15) is 0 Å². The molecule has 0 radical (unpaired) electrons. The van der Waals surface area contributed by atoms with E-state index in [2.05, 4.69) is 52.4 Å². The van der Waals surface area contributed by atoms with E-state index in [1.165, 1.54) is 10.0 Å². The summed E-state index contributed by atoms with van der Waals surface area (Å²) in [5.41, 5.74) is 1.37. The number of rotatable bonds is 8. The third kappa shape index (κ3) is 5.66. The summed E-state index contributed by atoms with van der Waals surface area (Å²) in [6.07, 6.45) is 3.35. The maximum Gasteiger partial charge on any atom is 0.0615 e. The first-order valence-corrected chi connectivity index (χ1v) is 7.03. The third-order valence-corrected chi connectivity index (χ3v) is 3.54. The maximum absolute atomic E-state index is 5.25. The lowest BCUT2D eigenvalue weighted by atomic mass is 10.1. The van der Waals surface area contributed by atoms with Crippen LogP contribution in [0.2, 0.25) is 0 Å². The van der Waals surface area contributed by atoms with Crippen molar-refractivity contribution in [2.24, 2.45) is 0 Å². The van der Waals surface area contributed by atoms with Crippen LogP contribution in [0.4, 0.5) is 0 Å². The van der Waals surface area contributed by atoms with E-state index in [1.807, 2.05) is 0 Å². The van der Waals surface area contributed by atoms with Gasteiger partial charge >= 0.3 is 0 Å². The van der Waals surface area contributed by atoms with E-state index in [-0.39, 0.29) is 0 Å². The number of ether oxygens (including phenoxy) is 1. The van der Waals surface area contributed by atoms with Gasteiger partial charge in [-0.25, -0.2) is 0 Å². The second-order valence-corrected chi connectivity index (χ2v) is 5.09. The lowest BCUT2D eigenvalue weighted by molar-refractivity contribution is 0.162. The SMILES string of the molecule is CCCNC(CCc1ccccc1Br)COC. The molecular formula is C14H22BrNO. The predicted octanol–water partition coefficient (Wildman–Crippen LogP) is 3.40. The normalized spacial score (nSPS) is 12.6. The van der Waals surface area contributed by atoms with Crippen LogP contribution in [0.3, 0.4) is 0 Å². The van der Waals surface area contributed by atoms with Crippen LogP contribution in [-0.2, 0) is 11.2 Å². The topological polar surface area (TPSA) is 21.3 Å². The molecular weight excluding hydrogens is 278 g/mol. The first-order chi connectivity index (χ1) is 8.27. The molecule has 0 spiro atoms. The standard InChI is InChI=1S/C14H22BrNO/c1-3-10-16-13(11-17-2)9-8-12-6-4-5-7-14(12)15/h4-7,13,16H,3,8-11H2,1-2H3. The van der Waals surface area contributed by atoms with Gasteiger partial charge in [-0.3, -0.25) is 0 Å². The Kier molecular flexibility index (Phi) is 7.49. The Balaban J connectivity index is 2.42. The lowest BCUT2D eigenvalue weighted by Crippen LogP contribution is -2.34. The fourth-order valence-corrected chi connectivity index (χ4v) is 2.31. The van der Waals surface area contributed by atoms with Crippen LogP contribution in [0.15, 0.2) is 28.7 Å². The van der Waals surface area contributed by atoms with Crippen molar-refractivity contribution in [3.8, 4) is 0 Å². The van der Waals surface area contributed by atoms with Gasteiger partial charge in [0.1, 0.15) is 0 Å². The molecule has 0 aliphatic heterocycles. The van der Waals surface area contributed by atoms with Crippen LogP contribution in [0.5, 0.6) is 0 Å². The van der Waals surface area contributed by atoms with Crippen molar-refractivity contribution in [1.82, 2.24) is 5.32 Å². The number of halogens is 1. The quantitative estimate of drug-likeness (QED) is 0.794.